The topological polar surface area (TPSA) is 68.0 Å². The minimum Gasteiger partial charge on any atom is -0.383 e. The summed E-state index contributed by atoms with van der Waals surface area (Å²) < 4.78 is 10.3. The van der Waals surface area contributed by atoms with E-state index in [0.29, 0.717) is 46.0 Å². The lowest BCUT2D eigenvalue weighted by Gasteiger charge is -2.34. The maximum atomic E-state index is 12.3. The molecule has 1 rings (SSSR count). The van der Waals surface area contributed by atoms with Gasteiger partial charge in [-0.15, -0.1) is 0 Å². The number of hydrogen-bond donors (Lipinski definition) is 1. The van der Waals surface area contributed by atoms with Gasteiger partial charge in [0.05, 0.1) is 25.9 Å². The Hall–Kier alpha value is -0.690. The van der Waals surface area contributed by atoms with Gasteiger partial charge in [0.25, 0.3) is 0 Å². The fourth-order valence-corrected chi connectivity index (χ4v) is 2.08. The molecule has 1 heterocycles. The molecule has 0 aromatic rings. The third-order valence-corrected chi connectivity index (χ3v) is 3.23. The number of rotatable bonds is 7. The average Bonchev–Trinajstić information content (AvgIpc) is 2.43. The number of nitrogens with zero attached hydrogens (tertiary/aromatic N) is 2. The number of nitrogens with two attached hydrogens (primary N) is 1. The van der Waals surface area contributed by atoms with Gasteiger partial charge in [-0.05, 0) is 6.92 Å². The van der Waals surface area contributed by atoms with E-state index in [-0.39, 0.29) is 11.9 Å². The zero-order valence-electron chi connectivity index (χ0n) is 11.4. The van der Waals surface area contributed by atoms with Crippen LogP contribution in [0.15, 0.2) is 0 Å². The van der Waals surface area contributed by atoms with E-state index in [9.17, 15) is 4.79 Å². The molecule has 1 aliphatic heterocycles. The Kier molecular flexibility index (Phi) is 7.19. The Bertz CT molecular complexity index is 245. The Morgan fingerprint density at radius 2 is 2.11 bits per heavy atom. The summed E-state index contributed by atoms with van der Waals surface area (Å²) in [5, 5.41) is 0. The molecular weight excluding hydrogens is 234 g/mol. The van der Waals surface area contributed by atoms with Crippen molar-refractivity contribution in [1.29, 1.82) is 0 Å². The molecule has 1 atom stereocenters. The van der Waals surface area contributed by atoms with E-state index in [4.69, 9.17) is 15.2 Å². The summed E-state index contributed by atoms with van der Waals surface area (Å²) in [5.74, 6) is 0.155. The van der Waals surface area contributed by atoms with Gasteiger partial charge >= 0.3 is 0 Å². The first kappa shape index (κ1) is 15.4. The van der Waals surface area contributed by atoms with Gasteiger partial charge in [0.2, 0.25) is 5.91 Å². The van der Waals surface area contributed by atoms with Gasteiger partial charge in [-0.2, -0.15) is 0 Å². The van der Waals surface area contributed by atoms with Crippen LogP contribution in [0.25, 0.3) is 0 Å². The van der Waals surface area contributed by atoms with Gasteiger partial charge in [-0.25, -0.2) is 0 Å². The molecule has 0 saturated carbocycles. The van der Waals surface area contributed by atoms with Crippen molar-refractivity contribution in [3.05, 3.63) is 0 Å². The predicted octanol–water partition coefficient (Wildman–Crippen LogP) is -0.859. The van der Waals surface area contributed by atoms with Crippen LogP contribution in [0.5, 0.6) is 0 Å². The van der Waals surface area contributed by atoms with Crippen molar-refractivity contribution in [1.82, 2.24) is 9.80 Å². The molecule has 0 spiro atoms. The van der Waals surface area contributed by atoms with Gasteiger partial charge in [0.1, 0.15) is 0 Å². The number of morpholine rings is 1. The van der Waals surface area contributed by atoms with Gasteiger partial charge in [0, 0.05) is 39.8 Å². The number of amides is 1. The normalized spacial score (nSPS) is 18.1. The smallest absolute Gasteiger partial charge is 0.239 e. The molecule has 1 fully saturated rings. The summed E-state index contributed by atoms with van der Waals surface area (Å²) in [4.78, 5) is 16.3. The van der Waals surface area contributed by atoms with Crippen LogP contribution in [0, 0.1) is 0 Å². The molecule has 0 bridgehead atoms. The number of methoxy groups -OCH3 is 1. The third kappa shape index (κ3) is 4.53. The van der Waals surface area contributed by atoms with Crippen LogP contribution >= 0.6 is 0 Å². The highest BCUT2D eigenvalue weighted by atomic mass is 16.5. The number of hydrogen-bond acceptors (Lipinski definition) is 5. The number of carbonyl (C=O) groups is 1. The zero-order valence-corrected chi connectivity index (χ0v) is 11.4. The lowest BCUT2D eigenvalue weighted by Crippen LogP contribution is -2.52. The summed E-state index contributed by atoms with van der Waals surface area (Å²) in [6.45, 7) is 7.16. The Labute approximate surface area is 109 Å². The van der Waals surface area contributed by atoms with Gasteiger partial charge in [-0.1, -0.05) is 0 Å². The molecule has 1 aliphatic rings. The second-order valence-corrected chi connectivity index (χ2v) is 4.43. The molecule has 1 unspecified atom stereocenters. The molecule has 1 amide bonds. The SMILES string of the molecule is COCCN(CCN)C(C)C(=O)N1CCOCC1. The molecule has 6 heteroatoms. The summed E-state index contributed by atoms with van der Waals surface area (Å²) in [6, 6.07) is -0.151. The quantitative estimate of drug-likeness (QED) is 0.644. The minimum atomic E-state index is -0.151. The lowest BCUT2D eigenvalue weighted by atomic mass is 10.2. The Morgan fingerprint density at radius 1 is 1.44 bits per heavy atom. The second kappa shape index (κ2) is 8.42. The molecule has 0 aromatic heterocycles. The summed E-state index contributed by atoms with van der Waals surface area (Å²) >= 11 is 0. The third-order valence-electron chi connectivity index (χ3n) is 3.23. The summed E-state index contributed by atoms with van der Waals surface area (Å²) in [6.07, 6.45) is 0. The summed E-state index contributed by atoms with van der Waals surface area (Å²) in [5.41, 5.74) is 5.59. The van der Waals surface area contributed by atoms with Crippen LogP contribution in [0.1, 0.15) is 6.92 Å². The van der Waals surface area contributed by atoms with Crippen LogP contribution in [-0.2, 0) is 14.3 Å². The monoisotopic (exact) mass is 259 g/mol. The van der Waals surface area contributed by atoms with Crippen molar-refractivity contribution >= 4 is 5.91 Å². The van der Waals surface area contributed by atoms with Crippen molar-refractivity contribution in [2.45, 2.75) is 13.0 Å². The van der Waals surface area contributed by atoms with E-state index in [0.717, 1.165) is 6.54 Å². The second-order valence-electron chi connectivity index (χ2n) is 4.43. The van der Waals surface area contributed by atoms with E-state index in [1.54, 1.807) is 7.11 Å². The van der Waals surface area contributed by atoms with E-state index >= 15 is 0 Å². The van der Waals surface area contributed by atoms with Crippen molar-refractivity contribution < 1.29 is 14.3 Å². The van der Waals surface area contributed by atoms with Crippen LogP contribution in [0.2, 0.25) is 0 Å². The molecule has 106 valence electrons. The van der Waals surface area contributed by atoms with Crippen molar-refractivity contribution in [3.8, 4) is 0 Å². The number of ether oxygens (including phenoxy) is 2. The van der Waals surface area contributed by atoms with Gasteiger partial charge < -0.3 is 20.1 Å². The molecule has 0 radical (unpaired) electrons. The lowest BCUT2D eigenvalue weighted by molar-refractivity contribution is -0.140. The Morgan fingerprint density at radius 3 is 2.67 bits per heavy atom. The molecule has 6 nitrogen and oxygen atoms in total. The van der Waals surface area contributed by atoms with E-state index in [1.165, 1.54) is 0 Å². The van der Waals surface area contributed by atoms with Gasteiger partial charge in [0.15, 0.2) is 0 Å². The van der Waals surface area contributed by atoms with Gasteiger partial charge in [-0.3, -0.25) is 9.69 Å². The minimum absolute atomic E-state index is 0.151. The van der Waals surface area contributed by atoms with Crippen LogP contribution < -0.4 is 5.73 Å². The first-order chi connectivity index (χ1) is 8.70. The van der Waals surface area contributed by atoms with Crippen LogP contribution in [0.4, 0.5) is 0 Å². The standard InChI is InChI=1S/C12H25N3O3/c1-11(14(4-3-13)5-8-17-2)12(16)15-6-9-18-10-7-15/h11H,3-10,13H2,1-2H3. The first-order valence-electron chi connectivity index (χ1n) is 6.50. The largest absolute Gasteiger partial charge is 0.383 e. The zero-order chi connectivity index (χ0) is 13.4. The Balaban J connectivity index is 2.50. The maximum absolute atomic E-state index is 12.3. The molecular formula is C12H25N3O3. The first-order valence-corrected chi connectivity index (χ1v) is 6.50. The van der Waals surface area contributed by atoms with Crippen molar-refractivity contribution in [2.24, 2.45) is 5.73 Å². The molecule has 0 aliphatic carbocycles. The average molecular weight is 259 g/mol. The fourth-order valence-electron chi connectivity index (χ4n) is 2.08. The number of carbonyl (C=O) groups excluding carboxylic acids is 1. The van der Waals surface area contributed by atoms with Crippen molar-refractivity contribution in [2.75, 3.05) is 59.7 Å². The molecule has 1 saturated heterocycles. The summed E-state index contributed by atoms with van der Waals surface area (Å²) in [7, 11) is 1.66. The van der Waals surface area contributed by atoms with Crippen molar-refractivity contribution in [3.63, 3.8) is 0 Å². The molecule has 0 aromatic carbocycles. The van der Waals surface area contributed by atoms with Crippen LogP contribution in [-0.4, -0.2) is 81.4 Å². The highest BCUT2D eigenvalue weighted by Crippen LogP contribution is 2.06. The highest BCUT2D eigenvalue weighted by molar-refractivity contribution is 5.81. The highest BCUT2D eigenvalue weighted by Gasteiger charge is 2.26. The molecule has 2 N–H and O–H groups in total. The maximum Gasteiger partial charge on any atom is 0.239 e. The van der Waals surface area contributed by atoms with E-state index in [1.807, 2.05) is 11.8 Å². The van der Waals surface area contributed by atoms with Crippen LogP contribution in [0.3, 0.4) is 0 Å². The predicted molar refractivity (Wildman–Crippen MR) is 69.4 cm³/mol. The molecule has 18 heavy (non-hydrogen) atoms. The fraction of sp³-hybridized carbons (Fsp3) is 0.917. The van der Waals surface area contributed by atoms with E-state index in [2.05, 4.69) is 4.90 Å². The van der Waals surface area contributed by atoms with E-state index < -0.39 is 0 Å².